The molecule has 2 fully saturated rings. The molecule has 1 aromatic carbocycles. The highest BCUT2D eigenvalue weighted by atomic mass is 35.5. The van der Waals surface area contributed by atoms with Crippen LogP contribution >= 0.6 is 11.6 Å². The number of nitrogens with zero attached hydrogens (tertiary/aromatic N) is 5. The molecule has 168 valence electrons. The maximum Gasteiger partial charge on any atom is 0.268 e. The van der Waals surface area contributed by atoms with Crippen LogP contribution in [-0.4, -0.2) is 58.6 Å². The molecule has 8 nitrogen and oxygen atoms in total. The summed E-state index contributed by atoms with van der Waals surface area (Å²) in [6.45, 7) is 4.98. The number of piperazine rings is 1. The van der Waals surface area contributed by atoms with Gasteiger partial charge in [-0.15, -0.1) is 0 Å². The molecule has 2 N–H and O–H groups in total. The largest absolute Gasteiger partial charge is 0.490 e. The van der Waals surface area contributed by atoms with Crippen LogP contribution in [0.3, 0.4) is 0 Å². The van der Waals surface area contributed by atoms with E-state index in [-0.39, 0.29) is 11.8 Å². The first-order valence-electron chi connectivity index (χ1n) is 10.9. The Morgan fingerprint density at radius 2 is 2.00 bits per heavy atom. The van der Waals surface area contributed by atoms with E-state index in [1.165, 1.54) is 6.20 Å². The molecular formula is C23H27ClN6O2. The topological polar surface area (TPSA) is 108 Å². The van der Waals surface area contributed by atoms with E-state index < -0.39 is 5.91 Å². The van der Waals surface area contributed by atoms with Crippen LogP contribution in [0.2, 0.25) is 5.02 Å². The fourth-order valence-corrected chi connectivity index (χ4v) is 4.85. The normalized spacial score (nSPS) is 24.0. The van der Waals surface area contributed by atoms with E-state index in [0.29, 0.717) is 22.7 Å². The lowest BCUT2D eigenvalue weighted by molar-refractivity contribution is 0.0777. The summed E-state index contributed by atoms with van der Waals surface area (Å²) in [5.74, 6) is 0.937. The van der Waals surface area contributed by atoms with Crippen molar-refractivity contribution in [2.24, 2.45) is 5.73 Å². The van der Waals surface area contributed by atoms with Crippen LogP contribution in [0.15, 0.2) is 30.6 Å². The van der Waals surface area contributed by atoms with Crippen LogP contribution in [0.5, 0.6) is 5.75 Å². The van der Waals surface area contributed by atoms with Crippen molar-refractivity contribution in [1.29, 1.82) is 5.26 Å². The van der Waals surface area contributed by atoms with Gasteiger partial charge < -0.3 is 15.4 Å². The number of halogens is 1. The average molecular weight is 455 g/mol. The van der Waals surface area contributed by atoms with Gasteiger partial charge in [-0.05, 0) is 44.7 Å². The zero-order valence-corrected chi connectivity index (χ0v) is 18.8. The van der Waals surface area contributed by atoms with E-state index in [1.807, 2.05) is 6.07 Å². The third kappa shape index (κ3) is 4.95. The summed E-state index contributed by atoms with van der Waals surface area (Å²) in [5, 5.41) is 9.44. The van der Waals surface area contributed by atoms with Gasteiger partial charge in [-0.3, -0.25) is 9.69 Å². The molecule has 0 bridgehead atoms. The van der Waals surface area contributed by atoms with Gasteiger partial charge in [0.25, 0.3) is 5.91 Å². The summed E-state index contributed by atoms with van der Waals surface area (Å²) in [6, 6.07) is 8.16. The number of hydrogen-bond acceptors (Lipinski definition) is 7. The minimum absolute atomic E-state index is 0.174. The third-order valence-corrected chi connectivity index (χ3v) is 6.68. The van der Waals surface area contributed by atoms with Gasteiger partial charge in [0.15, 0.2) is 0 Å². The number of carbonyl (C=O) groups is 1. The molecule has 1 saturated carbocycles. The predicted octanol–water partition coefficient (Wildman–Crippen LogP) is 3.00. The van der Waals surface area contributed by atoms with Gasteiger partial charge >= 0.3 is 0 Å². The Morgan fingerprint density at radius 1 is 1.22 bits per heavy atom. The Hall–Kier alpha value is -2.89. The Morgan fingerprint density at radius 3 is 2.59 bits per heavy atom. The fraction of sp³-hybridized carbons (Fsp3) is 0.478. The van der Waals surface area contributed by atoms with Crippen molar-refractivity contribution in [1.82, 2.24) is 14.9 Å². The molecule has 0 unspecified atom stereocenters. The Kier molecular flexibility index (Phi) is 6.77. The molecule has 2 aromatic rings. The average Bonchev–Trinajstić information content (AvgIpc) is 2.80. The molecule has 0 spiro atoms. The molecule has 1 aromatic heterocycles. The van der Waals surface area contributed by atoms with Crippen LogP contribution in [-0.2, 0) is 0 Å². The second-order valence-corrected chi connectivity index (χ2v) is 8.87. The summed E-state index contributed by atoms with van der Waals surface area (Å²) in [5.41, 5.74) is 5.90. The maximum atomic E-state index is 11.2. The fourth-order valence-electron chi connectivity index (χ4n) is 4.64. The standard InChI is InChI=1S/C23H27ClN6O2/c1-15-14-29(8-9-30(15)22-13-27-21(12-28-22)23(26)31)17-3-6-18(7-4-17)32-19-5-2-16(11-25)20(24)10-19/h2,5,10,12-13,15,17-18H,3-4,6-9,14H2,1H3,(H2,26,31)/t15-,17?,18?/m1/s1. The Labute approximate surface area is 192 Å². The second-order valence-electron chi connectivity index (χ2n) is 8.46. The minimum atomic E-state index is -0.566. The van der Waals surface area contributed by atoms with Gasteiger partial charge in [-0.25, -0.2) is 9.97 Å². The molecule has 1 aliphatic heterocycles. The summed E-state index contributed by atoms with van der Waals surface area (Å²) >= 11 is 6.12. The molecule has 2 aliphatic rings. The number of primary amides is 1. The van der Waals surface area contributed by atoms with Gasteiger partial charge in [-0.1, -0.05) is 11.6 Å². The highest BCUT2D eigenvalue weighted by Crippen LogP contribution is 2.30. The van der Waals surface area contributed by atoms with E-state index >= 15 is 0 Å². The van der Waals surface area contributed by atoms with E-state index in [2.05, 4.69) is 32.8 Å². The van der Waals surface area contributed by atoms with Crippen molar-refractivity contribution in [2.45, 2.75) is 50.8 Å². The molecule has 9 heteroatoms. The van der Waals surface area contributed by atoms with Gasteiger partial charge in [0.05, 0.1) is 29.1 Å². The number of nitrogens with two attached hydrogens (primary N) is 1. The molecule has 1 aliphatic carbocycles. The lowest BCUT2D eigenvalue weighted by atomic mass is 9.91. The quantitative estimate of drug-likeness (QED) is 0.739. The zero-order valence-electron chi connectivity index (χ0n) is 18.1. The van der Waals surface area contributed by atoms with Gasteiger partial charge in [-0.2, -0.15) is 5.26 Å². The van der Waals surface area contributed by atoms with Crippen LogP contribution in [0.4, 0.5) is 5.82 Å². The third-order valence-electron chi connectivity index (χ3n) is 6.37. The van der Waals surface area contributed by atoms with Crippen molar-refractivity contribution in [3.63, 3.8) is 0 Å². The first kappa shape index (κ1) is 22.3. The predicted molar refractivity (Wildman–Crippen MR) is 122 cm³/mol. The molecule has 32 heavy (non-hydrogen) atoms. The summed E-state index contributed by atoms with van der Waals surface area (Å²) in [6.07, 6.45) is 7.42. The molecule has 1 saturated heterocycles. The summed E-state index contributed by atoms with van der Waals surface area (Å²) in [7, 11) is 0. The van der Waals surface area contributed by atoms with Crippen LogP contribution in [0.25, 0.3) is 0 Å². The first-order chi connectivity index (χ1) is 15.4. The number of amides is 1. The lowest BCUT2D eigenvalue weighted by Gasteiger charge is -2.45. The van der Waals surface area contributed by atoms with Gasteiger partial charge in [0.2, 0.25) is 0 Å². The number of carbonyl (C=O) groups excluding carboxylic acids is 1. The molecular weight excluding hydrogens is 428 g/mol. The molecule has 4 rings (SSSR count). The van der Waals surface area contributed by atoms with Crippen molar-refractivity contribution >= 4 is 23.3 Å². The highest BCUT2D eigenvalue weighted by molar-refractivity contribution is 6.31. The molecule has 1 atom stereocenters. The number of benzene rings is 1. The number of hydrogen-bond donors (Lipinski definition) is 1. The van der Waals surface area contributed by atoms with Gasteiger partial charge in [0.1, 0.15) is 23.3 Å². The minimum Gasteiger partial charge on any atom is -0.490 e. The maximum absolute atomic E-state index is 11.2. The van der Waals surface area contributed by atoms with Gasteiger partial charge in [0, 0.05) is 37.8 Å². The number of nitriles is 1. The number of ether oxygens (including phenoxy) is 1. The van der Waals surface area contributed by atoms with E-state index in [4.69, 9.17) is 27.3 Å². The van der Waals surface area contributed by atoms with Crippen molar-refractivity contribution < 1.29 is 9.53 Å². The molecule has 2 heterocycles. The van der Waals surface area contributed by atoms with Crippen LogP contribution < -0.4 is 15.4 Å². The first-order valence-corrected chi connectivity index (χ1v) is 11.3. The van der Waals surface area contributed by atoms with Crippen LogP contribution in [0.1, 0.15) is 48.7 Å². The Balaban J connectivity index is 1.28. The summed E-state index contributed by atoms with van der Waals surface area (Å²) < 4.78 is 6.13. The number of aromatic nitrogens is 2. The highest BCUT2D eigenvalue weighted by Gasteiger charge is 2.32. The van der Waals surface area contributed by atoms with E-state index in [1.54, 1.807) is 18.3 Å². The van der Waals surface area contributed by atoms with Crippen molar-refractivity contribution in [2.75, 3.05) is 24.5 Å². The number of rotatable bonds is 5. The Bertz CT molecular complexity index is 1000. The second kappa shape index (κ2) is 9.72. The zero-order chi connectivity index (χ0) is 22.7. The monoisotopic (exact) mass is 454 g/mol. The lowest BCUT2D eigenvalue weighted by Crippen LogP contribution is -2.56. The molecule has 1 amide bonds. The van der Waals surface area contributed by atoms with Crippen molar-refractivity contribution in [3.05, 3.63) is 46.9 Å². The van der Waals surface area contributed by atoms with E-state index in [0.717, 1.165) is 56.9 Å². The van der Waals surface area contributed by atoms with E-state index in [9.17, 15) is 4.79 Å². The smallest absolute Gasteiger partial charge is 0.268 e. The van der Waals surface area contributed by atoms with Crippen molar-refractivity contribution in [3.8, 4) is 11.8 Å². The number of anilines is 1. The molecule has 0 radical (unpaired) electrons. The van der Waals surface area contributed by atoms with Crippen LogP contribution in [0, 0.1) is 11.3 Å². The summed E-state index contributed by atoms with van der Waals surface area (Å²) in [4.78, 5) is 24.5. The SMILES string of the molecule is C[C@@H]1CN(C2CCC(Oc3ccc(C#N)c(Cl)c3)CC2)CCN1c1cnc(C(N)=O)cn1.